The van der Waals surface area contributed by atoms with E-state index in [1.807, 2.05) is 56.3 Å². The van der Waals surface area contributed by atoms with Gasteiger partial charge in [0, 0.05) is 13.1 Å². The summed E-state index contributed by atoms with van der Waals surface area (Å²) in [4.78, 5) is 27.7. The molecule has 162 valence electrons. The number of nitrogens with zero attached hydrogens (tertiary/aromatic N) is 1. The van der Waals surface area contributed by atoms with E-state index in [2.05, 4.69) is 12.2 Å². The largest absolute Gasteiger partial charge is 0.497 e. The first kappa shape index (κ1) is 23.5. The standard InChI is InChI=1S/C25H34N2O3/c1-6-7-14-26-25(29)20(4)27(17-21-10-12-23(30-5)13-11-21)24(28)16-22-15-18(2)8-9-19(22)3/h8-13,15,20H,6-7,14,16-17H2,1-5H3,(H,26,29)/t20-/m0/s1. The van der Waals surface area contributed by atoms with Crippen LogP contribution < -0.4 is 10.1 Å². The van der Waals surface area contributed by atoms with Gasteiger partial charge in [-0.1, -0.05) is 49.2 Å². The van der Waals surface area contributed by atoms with Crippen LogP contribution in [0.1, 0.15) is 48.9 Å². The molecular formula is C25H34N2O3. The summed E-state index contributed by atoms with van der Waals surface area (Å²) in [6.07, 6.45) is 2.21. The number of hydrogen-bond donors (Lipinski definition) is 1. The highest BCUT2D eigenvalue weighted by molar-refractivity contribution is 5.88. The molecule has 0 unspecified atom stereocenters. The highest BCUT2D eigenvalue weighted by atomic mass is 16.5. The maximum atomic E-state index is 13.3. The second kappa shape index (κ2) is 11.4. The minimum absolute atomic E-state index is 0.0577. The van der Waals surface area contributed by atoms with Crippen LogP contribution in [0.15, 0.2) is 42.5 Å². The number of benzene rings is 2. The molecule has 0 spiro atoms. The SMILES string of the molecule is CCCCNC(=O)[C@H](C)N(Cc1ccc(OC)cc1)C(=O)Cc1cc(C)ccc1C. The van der Waals surface area contributed by atoms with Gasteiger partial charge in [-0.3, -0.25) is 9.59 Å². The quantitative estimate of drug-likeness (QED) is 0.598. The van der Waals surface area contributed by atoms with E-state index < -0.39 is 6.04 Å². The maximum Gasteiger partial charge on any atom is 0.242 e. The fourth-order valence-electron chi connectivity index (χ4n) is 3.30. The number of unbranched alkanes of at least 4 members (excludes halogenated alkanes) is 1. The Hall–Kier alpha value is -2.82. The molecule has 0 heterocycles. The highest BCUT2D eigenvalue weighted by Crippen LogP contribution is 2.18. The first-order valence-corrected chi connectivity index (χ1v) is 10.6. The summed E-state index contributed by atoms with van der Waals surface area (Å²) in [5, 5.41) is 2.95. The summed E-state index contributed by atoms with van der Waals surface area (Å²) in [7, 11) is 1.62. The number of amides is 2. The van der Waals surface area contributed by atoms with E-state index >= 15 is 0 Å². The lowest BCUT2D eigenvalue weighted by Crippen LogP contribution is -2.48. The van der Waals surface area contributed by atoms with E-state index in [-0.39, 0.29) is 18.2 Å². The lowest BCUT2D eigenvalue weighted by atomic mass is 10.0. The van der Waals surface area contributed by atoms with Crippen molar-refractivity contribution in [1.82, 2.24) is 10.2 Å². The Labute approximate surface area is 180 Å². The van der Waals surface area contributed by atoms with Gasteiger partial charge in [0.2, 0.25) is 11.8 Å². The zero-order chi connectivity index (χ0) is 22.1. The predicted molar refractivity (Wildman–Crippen MR) is 121 cm³/mol. The minimum Gasteiger partial charge on any atom is -0.497 e. The number of methoxy groups -OCH3 is 1. The van der Waals surface area contributed by atoms with Gasteiger partial charge in [-0.15, -0.1) is 0 Å². The zero-order valence-electron chi connectivity index (χ0n) is 18.8. The van der Waals surface area contributed by atoms with Crippen molar-refractivity contribution in [3.63, 3.8) is 0 Å². The van der Waals surface area contributed by atoms with Crippen LogP contribution in [0.2, 0.25) is 0 Å². The van der Waals surface area contributed by atoms with E-state index in [0.717, 1.165) is 40.8 Å². The first-order valence-electron chi connectivity index (χ1n) is 10.6. The second-order valence-corrected chi connectivity index (χ2v) is 7.80. The molecule has 5 nitrogen and oxygen atoms in total. The molecule has 0 aliphatic rings. The highest BCUT2D eigenvalue weighted by Gasteiger charge is 2.26. The van der Waals surface area contributed by atoms with Crippen LogP contribution in [0.4, 0.5) is 0 Å². The van der Waals surface area contributed by atoms with Crippen LogP contribution in [0, 0.1) is 13.8 Å². The van der Waals surface area contributed by atoms with E-state index in [1.165, 1.54) is 0 Å². The third-order valence-electron chi connectivity index (χ3n) is 5.36. The molecular weight excluding hydrogens is 376 g/mol. The average Bonchev–Trinajstić information content (AvgIpc) is 2.74. The Morgan fingerprint density at radius 3 is 2.43 bits per heavy atom. The summed E-state index contributed by atoms with van der Waals surface area (Å²) >= 11 is 0. The van der Waals surface area contributed by atoms with Crippen LogP contribution in [0.25, 0.3) is 0 Å². The van der Waals surface area contributed by atoms with Crippen LogP contribution >= 0.6 is 0 Å². The van der Waals surface area contributed by atoms with Gasteiger partial charge in [0.15, 0.2) is 0 Å². The second-order valence-electron chi connectivity index (χ2n) is 7.80. The van der Waals surface area contributed by atoms with Gasteiger partial charge >= 0.3 is 0 Å². The molecule has 2 aromatic carbocycles. The van der Waals surface area contributed by atoms with Crippen molar-refractivity contribution >= 4 is 11.8 Å². The number of nitrogens with one attached hydrogen (secondary N) is 1. The number of aryl methyl sites for hydroxylation is 2. The maximum absolute atomic E-state index is 13.3. The number of carbonyl (C=O) groups is 2. The van der Waals surface area contributed by atoms with Crippen molar-refractivity contribution in [2.75, 3.05) is 13.7 Å². The Kier molecular flexibility index (Phi) is 8.90. The van der Waals surface area contributed by atoms with Crippen molar-refractivity contribution in [3.05, 3.63) is 64.7 Å². The Morgan fingerprint density at radius 2 is 1.80 bits per heavy atom. The molecule has 30 heavy (non-hydrogen) atoms. The smallest absolute Gasteiger partial charge is 0.242 e. The summed E-state index contributed by atoms with van der Waals surface area (Å²) in [6, 6.07) is 13.2. The summed E-state index contributed by atoms with van der Waals surface area (Å²) < 4.78 is 5.22. The molecule has 2 rings (SSSR count). The van der Waals surface area contributed by atoms with Crippen LogP contribution in [-0.4, -0.2) is 36.4 Å². The lowest BCUT2D eigenvalue weighted by Gasteiger charge is -2.29. The minimum atomic E-state index is -0.554. The third kappa shape index (κ3) is 6.61. The summed E-state index contributed by atoms with van der Waals surface area (Å²) in [5.74, 6) is 0.585. The van der Waals surface area contributed by atoms with Gasteiger partial charge in [-0.05, 0) is 56.0 Å². The van der Waals surface area contributed by atoms with E-state index in [0.29, 0.717) is 13.1 Å². The summed E-state index contributed by atoms with van der Waals surface area (Å²) in [5.41, 5.74) is 4.16. The molecule has 0 radical (unpaired) electrons. The molecule has 0 fully saturated rings. The van der Waals surface area contributed by atoms with Crippen molar-refractivity contribution in [2.24, 2.45) is 0 Å². The van der Waals surface area contributed by atoms with Gasteiger partial charge in [0.25, 0.3) is 0 Å². The van der Waals surface area contributed by atoms with Gasteiger partial charge in [-0.25, -0.2) is 0 Å². The Balaban J connectivity index is 2.22. The molecule has 0 aliphatic carbocycles. The number of ether oxygens (including phenoxy) is 1. The fraction of sp³-hybridized carbons (Fsp3) is 0.440. The van der Waals surface area contributed by atoms with Crippen LogP contribution in [0.3, 0.4) is 0 Å². The van der Waals surface area contributed by atoms with Crippen molar-refractivity contribution in [1.29, 1.82) is 0 Å². The number of carbonyl (C=O) groups excluding carboxylic acids is 2. The van der Waals surface area contributed by atoms with Gasteiger partial charge in [-0.2, -0.15) is 0 Å². The molecule has 1 atom stereocenters. The molecule has 0 bridgehead atoms. The summed E-state index contributed by atoms with van der Waals surface area (Å²) in [6.45, 7) is 8.91. The molecule has 0 aromatic heterocycles. The van der Waals surface area contributed by atoms with E-state index in [4.69, 9.17) is 4.74 Å². The molecule has 0 saturated carbocycles. The first-order chi connectivity index (χ1) is 14.3. The van der Waals surface area contributed by atoms with Gasteiger partial charge in [0.1, 0.15) is 11.8 Å². The van der Waals surface area contributed by atoms with E-state index in [9.17, 15) is 9.59 Å². The third-order valence-corrected chi connectivity index (χ3v) is 5.36. The zero-order valence-corrected chi connectivity index (χ0v) is 18.8. The normalized spacial score (nSPS) is 11.6. The topological polar surface area (TPSA) is 58.6 Å². The van der Waals surface area contributed by atoms with Gasteiger partial charge < -0.3 is 15.0 Å². The van der Waals surface area contributed by atoms with Crippen molar-refractivity contribution < 1.29 is 14.3 Å². The number of rotatable bonds is 10. The predicted octanol–water partition coefficient (Wildman–Crippen LogP) is 4.19. The molecule has 5 heteroatoms. The molecule has 2 amide bonds. The van der Waals surface area contributed by atoms with Crippen LogP contribution in [-0.2, 0) is 22.6 Å². The van der Waals surface area contributed by atoms with E-state index in [1.54, 1.807) is 18.9 Å². The van der Waals surface area contributed by atoms with Crippen molar-refractivity contribution in [2.45, 2.75) is 59.5 Å². The number of hydrogen-bond acceptors (Lipinski definition) is 3. The average molecular weight is 411 g/mol. The monoisotopic (exact) mass is 410 g/mol. The Morgan fingerprint density at radius 1 is 1.10 bits per heavy atom. The van der Waals surface area contributed by atoms with Crippen LogP contribution in [0.5, 0.6) is 5.75 Å². The van der Waals surface area contributed by atoms with Gasteiger partial charge in [0.05, 0.1) is 13.5 Å². The molecule has 1 N–H and O–H groups in total. The molecule has 0 saturated heterocycles. The Bertz CT molecular complexity index is 846. The fourth-order valence-corrected chi connectivity index (χ4v) is 3.30. The van der Waals surface area contributed by atoms with Crippen molar-refractivity contribution in [3.8, 4) is 5.75 Å². The lowest BCUT2D eigenvalue weighted by molar-refractivity contribution is -0.140. The molecule has 0 aliphatic heterocycles. The molecule has 2 aromatic rings.